The zero-order valence-corrected chi connectivity index (χ0v) is 10.4. The molecule has 0 aliphatic carbocycles. The van der Waals surface area contributed by atoms with Gasteiger partial charge in [0.25, 0.3) is 0 Å². The first-order valence-electron chi connectivity index (χ1n) is 5.32. The maximum absolute atomic E-state index is 11.6. The Morgan fingerprint density at radius 1 is 1.22 bits per heavy atom. The number of carboxylic acid groups (broad SMARTS) is 2. The monoisotopic (exact) mass is 262 g/mol. The minimum absolute atomic E-state index is 0.0513. The van der Waals surface area contributed by atoms with Crippen LogP contribution in [0.1, 0.15) is 6.92 Å². The van der Waals surface area contributed by atoms with Gasteiger partial charge >= 0.3 is 18.0 Å². The number of aliphatic carboxylic acids is 2. The fourth-order valence-electron chi connectivity index (χ4n) is 1.24. The van der Waals surface area contributed by atoms with E-state index in [4.69, 9.17) is 14.9 Å². The molecule has 0 bridgehead atoms. The van der Waals surface area contributed by atoms with Crippen LogP contribution in [0.15, 0.2) is 0 Å². The highest BCUT2D eigenvalue weighted by Crippen LogP contribution is 1.95. The fourth-order valence-corrected chi connectivity index (χ4v) is 1.24. The number of carbonyl (C=O) groups excluding carboxylic acids is 1. The molecule has 0 aromatic rings. The van der Waals surface area contributed by atoms with Crippen LogP contribution in [0.4, 0.5) is 4.79 Å². The molecule has 104 valence electrons. The lowest BCUT2D eigenvalue weighted by Gasteiger charge is -2.20. The largest absolute Gasteiger partial charge is 0.480 e. The van der Waals surface area contributed by atoms with Gasteiger partial charge in [0.15, 0.2) is 0 Å². The number of nitrogens with one attached hydrogen (secondary N) is 1. The van der Waals surface area contributed by atoms with Crippen LogP contribution in [0.3, 0.4) is 0 Å². The molecule has 0 aromatic carbocycles. The van der Waals surface area contributed by atoms with Crippen LogP contribution in [-0.4, -0.2) is 66.4 Å². The van der Waals surface area contributed by atoms with Gasteiger partial charge in [-0.05, 0) is 5.92 Å². The number of urea groups is 1. The summed E-state index contributed by atoms with van der Waals surface area (Å²) < 4.78 is 4.87. The molecule has 1 unspecified atom stereocenters. The molecule has 0 heterocycles. The van der Waals surface area contributed by atoms with Crippen molar-refractivity contribution in [2.75, 3.05) is 33.4 Å². The summed E-state index contributed by atoms with van der Waals surface area (Å²) in [5.41, 5.74) is 0. The van der Waals surface area contributed by atoms with Crippen molar-refractivity contribution in [2.24, 2.45) is 5.92 Å². The van der Waals surface area contributed by atoms with Gasteiger partial charge in [0.05, 0.1) is 6.61 Å². The highest BCUT2D eigenvalue weighted by atomic mass is 16.5. The van der Waals surface area contributed by atoms with Crippen molar-refractivity contribution in [1.29, 1.82) is 0 Å². The highest BCUT2D eigenvalue weighted by molar-refractivity contribution is 5.84. The van der Waals surface area contributed by atoms with Crippen molar-refractivity contribution in [3.63, 3.8) is 0 Å². The number of hydrogen-bond acceptors (Lipinski definition) is 4. The second-order valence-corrected chi connectivity index (χ2v) is 3.89. The Morgan fingerprint density at radius 3 is 2.11 bits per heavy atom. The number of carboxylic acids is 2. The molecule has 0 rings (SSSR count). The second kappa shape index (κ2) is 8.29. The summed E-state index contributed by atoms with van der Waals surface area (Å²) in [6.45, 7) is 1.25. The number of hydrogen-bond donors (Lipinski definition) is 3. The lowest BCUT2D eigenvalue weighted by Crippen LogP contribution is -2.46. The summed E-state index contributed by atoms with van der Waals surface area (Å²) in [5.74, 6) is -2.48. The first-order chi connectivity index (χ1) is 8.36. The fraction of sp³-hybridized carbons (Fsp3) is 0.700. The van der Waals surface area contributed by atoms with Crippen molar-refractivity contribution in [2.45, 2.75) is 6.92 Å². The summed E-state index contributed by atoms with van der Waals surface area (Å²) in [6, 6.07) is -0.720. The predicted molar refractivity (Wildman–Crippen MR) is 61.3 cm³/mol. The molecule has 0 saturated heterocycles. The van der Waals surface area contributed by atoms with E-state index in [0.29, 0.717) is 11.5 Å². The summed E-state index contributed by atoms with van der Waals surface area (Å²) >= 11 is 0. The van der Waals surface area contributed by atoms with Crippen molar-refractivity contribution in [3.05, 3.63) is 0 Å². The van der Waals surface area contributed by atoms with Crippen LogP contribution in [0, 0.1) is 5.92 Å². The van der Waals surface area contributed by atoms with Gasteiger partial charge in [-0.25, -0.2) is 4.79 Å². The molecular formula is C10H18N2O6. The van der Waals surface area contributed by atoms with Gasteiger partial charge in [-0.3, -0.25) is 9.59 Å². The number of methoxy groups -OCH3 is 1. The quantitative estimate of drug-likeness (QED) is 0.540. The van der Waals surface area contributed by atoms with E-state index in [2.05, 4.69) is 5.32 Å². The van der Waals surface area contributed by atoms with Gasteiger partial charge in [0, 0.05) is 13.7 Å². The average molecular weight is 262 g/mol. The zero-order chi connectivity index (χ0) is 14.1. The third kappa shape index (κ3) is 7.44. The van der Waals surface area contributed by atoms with Crippen molar-refractivity contribution >= 4 is 18.0 Å². The minimum atomic E-state index is -1.27. The Morgan fingerprint density at radius 2 is 1.72 bits per heavy atom. The van der Waals surface area contributed by atoms with Gasteiger partial charge in [-0.1, -0.05) is 6.92 Å². The molecule has 8 nitrogen and oxygen atoms in total. The van der Waals surface area contributed by atoms with E-state index in [-0.39, 0.29) is 12.5 Å². The van der Waals surface area contributed by atoms with Gasteiger partial charge in [-0.15, -0.1) is 0 Å². The van der Waals surface area contributed by atoms with E-state index >= 15 is 0 Å². The van der Waals surface area contributed by atoms with E-state index in [1.807, 2.05) is 6.92 Å². The number of nitrogens with zero attached hydrogens (tertiary/aromatic N) is 1. The first kappa shape index (κ1) is 16.2. The summed E-state index contributed by atoms with van der Waals surface area (Å²) in [5, 5.41) is 19.6. The van der Waals surface area contributed by atoms with Crippen LogP contribution < -0.4 is 5.32 Å². The van der Waals surface area contributed by atoms with Gasteiger partial charge in [-0.2, -0.15) is 0 Å². The Balaban J connectivity index is 4.28. The summed E-state index contributed by atoms with van der Waals surface area (Å²) in [6.07, 6.45) is 0. The first-order valence-corrected chi connectivity index (χ1v) is 5.32. The number of ether oxygens (including phenoxy) is 1. The molecule has 0 fully saturated rings. The van der Waals surface area contributed by atoms with Crippen LogP contribution >= 0.6 is 0 Å². The summed E-state index contributed by atoms with van der Waals surface area (Å²) in [4.78, 5) is 33.3. The number of amides is 2. The Hall–Kier alpha value is -1.83. The standard InChI is InChI=1S/C10H18N2O6/c1-7(6-18-2)3-11-10(17)12(4-8(13)14)5-9(15)16/h7H,3-6H2,1-2H3,(H,11,17)(H,13,14)(H,15,16). The number of carbonyl (C=O) groups is 3. The molecule has 0 radical (unpaired) electrons. The maximum Gasteiger partial charge on any atom is 0.323 e. The van der Waals surface area contributed by atoms with E-state index in [0.717, 1.165) is 0 Å². The lowest BCUT2D eigenvalue weighted by atomic mass is 10.2. The van der Waals surface area contributed by atoms with E-state index < -0.39 is 31.1 Å². The Labute approximate surface area is 105 Å². The molecule has 0 aromatic heterocycles. The smallest absolute Gasteiger partial charge is 0.323 e. The van der Waals surface area contributed by atoms with Gasteiger partial charge in [0.2, 0.25) is 0 Å². The molecule has 1 atom stereocenters. The molecule has 0 aliphatic rings. The third-order valence-electron chi connectivity index (χ3n) is 1.99. The molecule has 0 spiro atoms. The summed E-state index contributed by atoms with van der Waals surface area (Å²) in [7, 11) is 1.53. The van der Waals surface area contributed by atoms with E-state index in [9.17, 15) is 14.4 Å². The van der Waals surface area contributed by atoms with Crippen molar-refractivity contribution in [3.8, 4) is 0 Å². The van der Waals surface area contributed by atoms with Gasteiger partial charge in [0.1, 0.15) is 13.1 Å². The molecular weight excluding hydrogens is 244 g/mol. The van der Waals surface area contributed by atoms with Crippen molar-refractivity contribution in [1.82, 2.24) is 10.2 Å². The SMILES string of the molecule is COCC(C)CNC(=O)N(CC(=O)O)CC(=O)O. The molecule has 0 aliphatic heterocycles. The minimum Gasteiger partial charge on any atom is -0.480 e. The Bertz CT molecular complexity index is 291. The zero-order valence-electron chi connectivity index (χ0n) is 10.4. The third-order valence-corrected chi connectivity index (χ3v) is 1.99. The molecule has 2 amide bonds. The normalized spacial score (nSPS) is 11.7. The topological polar surface area (TPSA) is 116 Å². The maximum atomic E-state index is 11.6. The van der Waals surface area contributed by atoms with Crippen LogP contribution in [0.5, 0.6) is 0 Å². The second-order valence-electron chi connectivity index (χ2n) is 3.89. The molecule has 18 heavy (non-hydrogen) atoms. The molecule has 3 N–H and O–H groups in total. The predicted octanol–water partition coefficient (Wildman–Crippen LogP) is -0.550. The van der Waals surface area contributed by atoms with Crippen LogP contribution in [0.25, 0.3) is 0 Å². The van der Waals surface area contributed by atoms with Crippen LogP contribution in [-0.2, 0) is 14.3 Å². The van der Waals surface area contributed by atoms with E-state index in [1.54, 1.807) is 0 Å². The van der Waals surface area contributed by atoms with Crippen molar-refractivity contribution < 1.29 is 29.3 Å². The Kier molecular flexibility index (Phi) is 7.45. The average Bonchev–Trinajstić information content (AvgIpc) is 2.24. The molecule has 8 heteroatoms. The molecule has 0 saturated carbocycles. The highest BCUT2D eigenvalue weighted by Gasteiger charge is 2.19. The lowest BCUT2D eigenvalue weighted by molar-refractivity contribution is -0.140. The number of rotatable bonds is 8. The van der Waals surface area contributed by atoms with Crippen LogP contribution in [0.2, 0.25) is 0 Å². The van der Waals surface area contributed by atoms with E-state index in [1.165, 1.54) is 7.11 Å². The van der Waals surface area contributed by atoms with Gasteiger partial charge < -0.3 is 25.2 Å².